The second-order valence-corrected chi connectivity index (χ2v) is 5.82. The number of nitrogens with zero attached hydrogens (tertiary/aromatic N) is 2. The van der Waals surface area contributed by atoms with Crippen molar-refractivity contribution in [3.63, 3.8) is 0 Å². The third-order valence-corrected chi connectivity index (χ3v) is 4.49. The Kier molecular flexibility index (Phi) is 3.86. The quantitative estimate of drug-likeness (QED) is 0.727. The molecule has 0 aromatic heterocycles. The number of hydrogen-bond donors (Lipinski definition) is 0. The Hall–Kier alpha value is -0.550. The Morgan fingerprint density at radius 3 is 2.75 bits per heavy atom. The molecule has 1 aliphatic heterocycles. The van der Waals surface area contributed by atoms with Gasteiger partial charge in [-0.3, -0.25) is 0 Å². The van der Waals surface area contributed by atoms with Gasteiger partial charge < -0.3 is 4.90 Å². The average molecular weight is 220 g/mol. The molecule has 0 aromatic carbocycles. The van der Waals surface area contributed by atoms with E-state index in [2.05, 4.69) is 17.9 Å². The first-order chi connectivity index (χ1) is 7.78. The minimum absolute atomic E-state index is 0.404. The predicted octanol–water partition coefficient (Wildman–Crippen LogP) is 3.19. The molecule has 2 fully saturated rings. The predicted molar refractivity (Wildman–Crippen MR) is 66.0 cm³/mol. The first kappa shape index (κ1) is 11.9. The van der Waals surface area contributed by atoms with Gasteiger partial charge in [0.2, 0.25) is 0 Å². The van der Waals surface area contributed by atoms with Crippen LogP contribution in [0.25, 0.3) is 0 Å². The summed E-state index contributed by atoms with van der Waals surface area (Å²) in [6.45, 7) is 6.05. The van der Waals surface area contributed by atoms with Gasteiger partial charge >= 0.3 is 0 Å². The second-order valence-electron chi connectivity index (χ2n) is 5.82. The van der Waals surface area contributed by atoms with Crippen LogP contribution in [-0.2, 0) is 0 Å². The van der Waals surface area contributed by atoms with Crippen LogP contribution in [0.3, 0.4) is 0 Å². The van der Waals surface area contributed by atoms with E-state index in [1.54, 1.807) is 0 Å². The molecule has 2 nitrogen and oxygen atoms in total. The third kappa shape index (κ3) is 2.98. The number of rotatable bonds is 4. The summed E-state index contributed by atoms with van der Waals surface area (Å²) in [5.74, 6) is 0.955. The standard InChI is InChI=1S/C14H24N2/c1-2-13-4-3-10-16(11-5-13)12-14(6-7-14)8-9-15/h13H,2-8,10-12H2,1H3. The number of likely N-dealkylation sites (tertiary alicyclic amines) is 1. The van der Waals surface area contributed by atoms with E-state index in [4.69, 9.17) is 5.26 Å². The molecular formula is C14H24N2. The summed E-state index contributed by atoms with van der Waals surface area (Å²) in [6, 6.07) is 2.37. The molecule has 0 amide bonds. The van der Waals surface area contributed by atoms with Crippen molar-refractivity contribution in [1.82, 2.24) is 4.90 Å². The summed E-state index contributed by atoms with van der Waals surface area (Å²) in [6.07, 6.45) is 8.85. The lowest BCUT2D eigenvalue weighted by Crippen LogP contribution is -2.31. The first-order valence-electron chi connectivity index (χ1n) is 6.87. The van der Waals surface area contributed by atoms with Crippen molar-refractivity contribution in [3.8, 4) is 6.07 Å². The van der Waals surface area contributed by atoms with Crippen molar-refractivity contribution >= 4 is 0 Å². The van der Waals surface area contributed by atoms with E-state index in [-0.39, 0.29) is 0 Å². The molecule has 1 heterocycles. The van der Waals surface area contributed by atoms with Crippen LogP contribution < -0.4 is 0 Å². The number of nitriles is 1. The molecule has 0 spiro atoms. The topological polar surface area (TPSA) is 27.0 Å². The fourth-order valence-corrected chi connectivity index (χ4v) is 3.00. The first-order valence-corrected chi connectivity index (χ1v) is 6.87. The monoisotopic (exact) mass is 220 g/mol. The Labute approximate surface area is 99.6 Å². The maximum atomic E-state index is 8.84. The zero-order chi connectivity index (χ0) is 11.4. The van der Waals surface area contributed by atoms with Gasteiger partial charge in [0.15, 0.2) is 0 Å². The number of hydrogen-bond acceptors (Lipinski definition) is 2. The normalized spacial score (nSPS) is 29.4. The van der Waals surface area contributed by atoms with Gasteiger partial charge in [0.05, 0.1) is 6.07 Å². The molecule has 1 saturated heterocycles. The van der Waals surface area contributed by atoms with Gasteiger partial charge in [0, 0.05) is 13.0 Å². The lowest BCUT2D eigenvalue weighted by Gasteiger charge is -2.24. The molecule has 90 valence electrons. The molecule has 1 atom stereocenters. The van der Waals surface area contributed by atoms with E-state index >= 15 is 0 Å². The second kappa shape index (κ2) is 5.19. The Bertz CT molecular complexity index is 262. The molecule has 1 aliphatic carbocycles. The van der Waals surface area contributed by atoms with Gasteiger partial charge in [0.25, 0.3) is 0 Å². The Balaban J connectivity index is 1.80. The Morgan fingerprint density at radius 2 is 2.12 bits per heavy atom. The van der Waals surface area contributed by atoms with Gasteiger partial charge in [-0.1, -0.05) is 13.3 Å². The van der Waals surface area contributed by atoms with Gasteiger partial charge in [0.1, 0.15) is 0 Å². The van der Waals surface area contributed by atoms with Gasteiger partial charge in [-0.05, 0) is 56.5 Å². The largest absolute Gasteiger partial charge is 0.303 e. The molecule has 2 rings (SSSR count). The van der Waals surface area contributed by atoms with Crippen LogP contribution in [0.5, 0.6) is 0 Å². The zero-order valence-corrected chi connectivity index (χ0v) is 10.5. The maximum Gasteiger partial charge on any atom is 0.0628 e. The molecule has 16 heavy (non-hydrogen) atoms. The van der Waals surface area contributed by atoms with E-state index in [1.165, 1.54) is 58.2 Å². The summed E-state index contributed by atoms with van der Waals surface area (Å²) in [4.78, 5) is 2.62. The van der Waals surface area contributed by atoms with Crippen LogP contribution in [0.15, 0.2) is 0 Å². The highest BCUT2D eigenvalue weighted by atomic mass is 15.1. The van der Waals surface area contributed by atoms with Crippen LogP contribution in [0.2, 0.25) is 0 Å². The minimum atomic E-state index is 0.404. The van der Waals surface area contributed by atoms with Gasteiger partial charge in [-0.25, -0.2) is 0 Å². The van der Waals surface area contributed by atoms with Crippen LogP contribution in [0.1, 0.15) is 51.9 Å². The molecule has 0 bridgehead atoms. The Morgan fingerprint density at radius 1 is 1.31 bits per heavy atom. The molecule has 0 aromatic rings. The van der Waals surface area contributed by atoms with E-state index < -0.39 is 0 Å². The van der Waals surface area contributed by atoms with E-state index in [0.717, 1.165) is 12.3 Å². The van der Waals surface area contributed by atoms with Crippen molar-refractivity contribution in [2.24, 2.45) is 11.3 Å². The highest BCUT2D eigenvalue weighted by Gasteiger charge is 2.43. The molecule has 0 N–H and O–H groups in total. The zero-order valence-electron chi connectivity index (χ0n) is 10.5. The average Bonchev–Trinajstić information content (AvgIpc) is 3.05. The summed E-state index contributed by atoms with van der Waals surface area (Å²) in [5.41, 5.74) is 0.404. The molecule has 0 radical (unpaired) electrons. The summed E-state index contributed by atoms with van der Waals surface area (Å²) in [7, 11) is 0. The van der Waals surface area contributed by atoms with Gasteiger partial charge in [-0.2, -0.15) is 5.26 Å². The molecule has 1 saturated carbocycles. The molecular weight excluding hydrogens is 196 g/mol. The van der Waals surface area contributed by atoms with E-state index in [0.29, 0.717) is 5.41 Å². The van der Waals surface area contributed by atoms with Crippen LogP contribution in [-0.4, -0.2) is 24.5 Å². The fourth-order valence-electron chi connectivity index (χ4n) is 3.00. The summed E-state index contributed by atoms with van der Waals surface area (Å²) < 4.78 is 0. The minimum Gasteiger partial charge on any atom is -0.303 e. The summed E-state index contributed by atoms with van der Waals surface area (Å²) >= 11 is 0. The van der Waals surface area contributed by atoms with Gasteiger partial charge in [-0.15, -0.1) is 0 Å². The van der Waals surface area contributed by atoms with E-state index in [9.17, 15) is 0 Å². The smallest absolute Gasteiger partial charge is 0.0628 e. The third-order valence-electron chi connectivity index (χ3n) is 4.49. The van der Waals surface area contributed by atoms with Crippen molar-refractivity contribution in [1.29, 1.82) is 5.26 Å². The SMILES string of the molecule is CCC1CCCN(CC2(CC#N)CC2)CC1. The highest BCUT2D eigenvalue weighted by Crippen LogP contribution is 2.49. The fraction of sp³-hybridized carbons (Fsp3) is 0.929. The molecule has 2 aliphatic rings. The van der Waals surface area contributed by atoms with Crippen LogP contribution >= 0.6 is 0 Å². The van der Waals surface area contributed by atoms with Crippen molar-refractivity contribution < 1.29 is 0 Å². The maximum absolute atomic E-state index is 8.84. The van der Waals surface area contributed by atoms with Crippen molar-refractivity contribution in [2.45, 2.75) is 51.9 Å². The van der Waals surface area contributed by atoms with E-state index in [1.807, 2.05) is 0 Å². The van der Waals surface area contributed by atoms with Crippen molar-refractivity contribution in [3.05, 3.63) is 0 Å². The van der Waals surface area contributed by atoms with Crippen LogP contribution in [0.4, 0.5) is 0 Å². The summed E-state index contributed by atoms with van der Waals surface area (Å²) in [5, 5.41) is 8.84. The molecule has 2 heteroatoms. The van der Waals surface area contributed by atoms with Crippen molar-refractivity contribution in [2.75, 3.05) is 19.6 Å². The lowest BCUT2D eigenvalue weighted by molar-refractivity contribution is 0.225. The molecule has 1 unspecified atom stereocenters. The van der Waals surface area contributed by atoms with Crippen LogP contribution in [0, 0.1) is 22.7 Å². The highest BCUT2D eigenvalue weighted by molar-refractivity contribution is 5.01. The lowest BCUT2D eigenvalue weighted by atomic mass is 9.98.